The van der Waals surface area contributed by atoms with Gasteiger partial charge in [-0.05, 0) is 50.2 Å². The van der Waals surface area contributed by atoms with Crippen molar-refractivity contribution in [1.82, 2.24) is 9.29 Å². The molecule has 1 aliphatic heterocycles. The van der Waals surface area contributed by atoms with Gasteiger partial charge in [-0.1, -0.05) is 17.7 Å². The Morgan fingerprint density at radius 3 is 2.55 bits per heavy atom. The number of ether oxygens (including phenoxy) is 1. The molecule has 0 amide bonds. The summed E-state index contributed by atoms with van der Waals surface area (Å²) >= 11 is 7.65. The molecule has 4 rings (SSSR count). The second-order valence-electron chi connectivity index (χ2n) is 7.22. The largest absolute Gasteiger partial charge is 0.492 e. The van der Waals surface area contributed by atoms with Crippen LogP contribution in [-0.4, -0.2) is 50.5 Å². The van der Waals surface area contributed by atoms with Crippen molar-refractivity contribution < 1.29 is 13.2 Å². The summed E-state index contributed by atoms with van der Waals surface area (Å²) in [5.41, 5.74) is 2.54. The van der Waals surface area contributed by atoms with Crippen molar-refractivity contribution in [3.05, 3.63) is 57.9 Å². The molecule has 0 unspecified atom stereocenters. The first-order valence-electron chi connectivity index (χ1n) is 10.1. The summed E-state index contributed by atoms with van der Waals surface area (Å²) in [7, 11) is -3.72. The van der Waals surface area contributed by atoms with Gasteiger partial charge >= 0.3 is 0 Å². The summed E-state index contributed by atoms with van der Waals surface area (Å²) in [4.78, 5) is 6.83. The highest BCUT2D eigenvalue weighted by Gasteiger charge is 2.31. The monoisotopic (exact) mass is 477 g/mol. The zero-order chi connectivity index (χ0) is 22.0. The molecule has 2 aromatic carbocycles. The molecule has 0 radical (unpaired) electrons. The molecule has 1 saturated heterocycles. The SMILES string of the molecule is CCOc1ccc(-c2csc(C)n2)cc1S(=O)(=O)N1CCN(c2cccc(Cl)c2)CC1. The molecule has 164 valence electrons. The van der Waals surface area contributed by atoms with Crippen molar-refractivity contribution in [3.8, 4) is 17.0 Å². The van der Waals surface area contributed by atoms with Crippen LogP contribution in [0.5, 0.6) is 5.75 Å². The fourth-order valence-corrected chi connectivity index (χ4v) is 6.02. The Balaban J connectivity index is 1.60. The van der Waals surface area contributed by atoms with Crippen LogP contribution in [0.4, 0.5) is 5.69 Å². The van der Waals surface area contributed by atoms with E-state index < -0.39 is 10.0 Å². The molecule has 0 saturated carbocycles. The topological polar surface area (TPSA) is 62.7 Å². The highest BCUT2D eigenvalue weighted by atomic mass is 35.5. The minimum atomic E-state index is -3.72. The molecule has 2 heterocycles. The van der Waals surface area contributed by atoms with Crippen molar-refractivity contribution in [1.29, 1.82) is 0 Å². The van der Waals surface area contributed by atoms with Gasteiger partial charge in [-0.2, -0.15) is 4.31 Å². The molecule has 3 aromatic rings. The third-order valence-electron chi connectivity index (χ3n) is 5.19. The van der Waals surface area contributed by atoms with Crippen molar-refractivity contribution >= 4 is 38.6 Å². The molecule has 0 atom stereocenters. The Kier molecular flexibility index (Phi) is 6.52. The fraction of sp³-hybridized carbons (Fsp3) is 0.318. The number of aryl methyl sites for hydroxylation is 1. The first-order chi connectivity index (χ1) is 14.9. The van der Waals surface area contributed by atoms with Gasteiger partial charge in [0.25, 0.3) is 0 Å². The Hall–Kier alpha value is -2.13. The number of aromatic nitrogens is 1. The van der Waals surface area contributed by atoms with E-state index >= 15 is 0 Å². The zero-order valence-corrected chi connectivity index (χ0v) is 19.8. The maximum Gasteiger partial charge on any atom is 0.246 e. The van der Waals surface area contributed by atoms with Gasteiger partial charge in [0.1, 0.15) is 10.6 Å². The number of rotatable bonds is 6. The summed E-state index contributed by atoms with van der Waals surface area (Å²) in [5.74, 6) is 0.371. The molecule has 1 aromatic heterocycles. The molecule has 1 aliphatic rings. The summed E-state index contributed by atoms with van der Waals surface area (Å²) in [6.07, 6.45) is 0. The third kappa shape index (κ3) is 4.72. The fourth-order valence-electron chi connectivity index (χ4n) is 3.64. The van der Waals surface area contributed by atoms with Crippen molar-refractivity contribution in [2.45, 2.75) is 18.7 Å². The van der Waals surface area contributed by atoms with Gasteiger partial charge in [0.2, 0.25) is 10.0 Å². The predicted octanol–water partition coefficient (Wildman–Crippen LogP) is 4.68. The number of thiazole rings is 1. The van der Waals surface area contributed by atoms with Gasteiger partial charge in [0, 0.05) is 47.8 Å². The van der Waals surface area contributed by atoms with Crippen LogP contribution in [0.3, 0.4) is 0 Å². The van der Waals surface area contributed by atoms with E-state index in [0.717, 1.165) is 22.0 Å². The van der Waals surface area contributed by atoms with Crippen LogP contribution in [-0.2, 0) is 10.0 Å². The molecule has 1 fully saturated rings. The van der Waals surface area contributed by atoms with E-state index in [2.05, 4.69) is 9.88 Å². The number of benzene rings is 2. The molecular weight excluding hydrogens is 454 g/mol. The van der Waals surface area contributed by atoms with Gasteiger partial charge < -0.3 is 9.64 Å². The zero-order valence-electron chi connectivity index (χ0n) is 17.4. The first-order valence-corrected chi connectivity index (χ1v) is 12.8. The number of anilines is 1. The average Bonchev–Trinajstić information content (AvgIpc) is 3.20. The number of piperazine rings is 1. The number of halogens is 1. The van der Waals surface area contributed by atoms with Crippen LogP contribution in [0.1, 0.15) is 11.9 Å². The van der Waals surface area contributed by atoms with Gasteiger partial charge in [-0.3, -0.25) is 0 Å². The second kappa shape index (κ2) is 9.16. The molecule has 0 bridgehead atoms. The molecule has 0 aliphatic carbocycles. The molecule has 0 spiro atoms. The van der Waals surface area contributed by atoms with Gasteiger partial charge in [-0.25, -0.2) is 13.4 Å². The highest BCUT2D eigenvalue weighted by Crippen LogP contribution is 2.33. The van der Waals surface area contributed by atoms with Crippen molar-refractivity contribution in [2.24, 2.45) is 0 Å². The van der Waals surface area contributed by atoms with Crippen LogP contribution in [0.2, 0.25) is 5.02 Å². The number of nitrogens with zero attached hydrogens (tertiary/aromatic N) is 3. The van der Waals surface area contributed by atoms with E-state index in [4.69, 9.17) is 16.3 Å². The van der Waals surface area contributed by atoms with E-state index in [1.54, 1.807) is 12.1 Å². The standard InChI is InChI=1S/C22H24ClN3O3S2/c1-3-29-21-8-7-17(20-15-30-16(2)24-20)13-22(21)31(27,28)26-11-9-25(10-12-26)19-6-4-5-18(23)14-19/h4-8,13-15H,3,9-12H2,1-2H3. The van der Waals surface area contributed by atoms with Crippen LogP contribution < -0.4 is 9.64 Å². The van der Waals surface area contributed by atoms with E-state index in [1.165, 1.54) is 15.6 Å². The lowest BCUT2D eigenvalue weighted by Gasteiger charge is -2.35. The van der Waals surface area contributed by atoms with Crippen molar-refractivity contribution in [3.63, 3.8) is 0 Å². The minimum Gasteiger partial charge on any atom is -0.492 e. The van der Waals surface area contributed by atoms with Gasteiger partial charge in [0.15, 0.2) is 0 Å². The lowest BCUT2D eigenvalue weighted by molar-refractivity contribution is 0.327. The lowest BCUT2D eigenvalue weighted by Crippen LogP contribution is -2.48. The predicted molar refractivity (Wildman–Crippen MR) is 126 cm³/mol. The number of sulfonamides is 1. The molecular formula is C22H24ClN3O3S2. The quantitative estimate of drug-likeness (QED) is 0.515. The van der Waals surface area contributed by atoms with Crippen LogP contribution in [0, 0.1) is 6.92 Å². The normalized spacial score (nSPS) is 15.3. The third-order valence-corrected chi connectivity index (χ3v) is 8.12. The summed E-state index contributed by atoms with van der Waals surface area (Å²) in [6, 6.07) is 12.9. The van der Waals surface area contributed by atoms with E-state index in [1.807, 2.05) is 49.6 Å². The lowest BCUT2D eigenvalue weighted by atomic mass is 10.2. The molecule has 6 nitrogen and oxygen atoms in total. The Labute approximate surface area is 192 Å². The summed E-state index contributed by atoms with van der Waals surface area (Å²) in [5, 5.41) is 3.54. The van der Waals surface area contributed by atoms with Gasteiger partial charge in [-0.15, -0.1) is 11.3 Å². The number of hydrogen-bond acceptors (Lipinski definition) is 6. The highest BCUT2D eigenvalue weighted by molar-refractivity contribution is 7.89. The maximum absolute atomic E-state index is 13.6. The first kappa shape index (κ1) is 22.1. The molecule has 31 heavy (non-hydrogen) atoms. The summed E-state index contributed by atoms with van der Waals surface area (Å²) in [6.45, 7) is 6.13. The Morgan fingerprint density at radius 1 is 1.13 bits per heavy atom. The molecule has 9 heteroatoms. The average molecular weight is 478 g/mol. The second-order valence-corrected chi connectivity index (χ2v) is 10.6. The van der Waals surface area contributed by atoms with E-state index in [-0.39, 0.29) is 4.90 Å². The Morgan fingerprint density at radius 2 is 1.90 bits per heavy atom. The van der Waals surface area contributed by atoms with E-state index in [0.29, 0.717) is 43.6 Å². The maximum atomic E-state index is 13.6. The summed E-state index contributed by atoms with van der Waals surface area (Å²) < 4.78 is 34.3. The smallest absolute Gasteiger partial charge is 0.246 e. The van der Waals surface area contributed by atoms with E-state index in [9.17, 15) is 8.42 Å². The van der Waals surface area contributed by atoms with Crippen LogP contribution in [0.15, 0.2) is 52.7 Å². The number of hydrogen-bond donors (Lipinski definition) is 0. The van der Waals surface area contributed by atoms with Crippen LogP contribution in [0.25, 0.3) is 11.3 Å². The minimum absolute atomic E-state index is 0.189. The van der Waals surface area contributed by atoms with Gasteiger partial charge in [0.05, 0.1) is 17.3 Å². The Bertz CT molecular complexity index is 1170. The molecule has 0 N–H and O–H groups in total. The van der Waals surface area contributed by atoms with Crippen LogP contribution >= 0.6 is 22.9 Å². The van der Waals surface area contributed by atoms with Crippen molar-refractivity contribution in [2.75, 3.05) is 37.7 Å².